The molecule has 0 aliphatic heterocycles. The SMILES string of the molecule is CCCC(CN)NC(=O)Nc1ccccc1F. The average Bonchev–Trinajstić information content (AvgIpc) is 2.31. The van der Waals surface area contributed by atoms with Crippen molar-refractivity contribution < 1.29 is 9.18 Å². The zero-order valence-corrected chi connectivity index (χ0v) is 9.87. The van der Waals surface area contributed by atoms with Gasteiger partial charge in [0.15, 0.2) is 0 Å². The van der Waals surface area contributed by atoms with Crippen LogP contribution in [-0.4, -0.2) is 18.6 Å². The van der Waals surface area contributed by atoms with Crippen LogP contribution < -0.4 is 16.4 Å². The van der Waals surface area contributed by atoms with E-state index in [4.69, 9.17) is 5.73 Å². The summed E-state index contributed by atoms with van der Waals surface area (Å²) in [6.45, 7) is 2.39. The zero-order chi connectivity index (χ0) is 12.7. The first-order valence-corrected chi connectivity index (χ1v) is 5.69. The van der Waals surface area contributed by atoms with E-state index in [1.165, 1.54) is 12.1 Å². The molecule has 0 spiro atoms. The number of hydrogen-bond donors (Lipinski definition) is 3. The number of nitrogens with two attached hydrogens (primary N) is 1. The summed E-state index contributed by atoms with van der Waals surface area (Å²) in [5.74, 6) is -0.456. The van der Waals surface area contributed by atoms with Gasteiger partial charge in [-0.05, 0) is 18.6 Å². The van der Waals surface area contributed by atoms with Gasteiger partial charge in [0.25, 0.3) is 0 Å². The second kappa shape index (κ2) is 6.85. The Morgan fingerprint density at radius 3 is 2.76 bits per heavy atom. The first-order chi connectivity index (χ1) is 8.17. The largest absolute Gasteiger partial charge is 0.334 e. The summed E-state index contributed by atoms with van der Waals surface area (Å²) >= 11 is 0. The van der Waals surface area contributed by atoms with Crippen molar-refractivity contribution in [3.05, 3.63) is 30.1 Å². The molecule has 0 bridgehead atoms. The predicted octanol–water partition coefficient (Wildman–Crippen LogP) is 2.07. The number of para-hydroxylation sites is 1. The van der Waals surface area contributed by atoms with Gasteiger partial charge in [0.2, 0.25) is 0 Å². The van der Waals surface area contributed by atoms with Crippen LogP contribution in [0.5, 0.6) is 0 Å². The lowest BCUT2D eigenvalue weighted by atomic mass is 10.2. The summed E-state index contributed by atoms with van der Waals surface area (Å²) in [4.78, 5) is 11.6. The number of carbonyl (C=O) groups excluding carboxylic acids is 1. The fraction of sp³-hybridized carbons (Fsp3) is 0.417. The Balaban J connectivity index is 2.52. The van der Waals surface area contributed by atoms with E-state index in [1.54, 1.807) is 12.1 Å². The van der Waals surface area contributed by atoms with Crippen LogP contribution in [0, 0.1) is 5.82 Å². The van der Waals surface area contributed by atoms with Gasteiger partial charge < -0.3 is 16.4 Å². The maximum absolute atomic E-state index is 13.3. The third-order valence-corrected chi connectivity index (χ3v) is 2.38. The van der Waals surface area contributed by atoms with Gasteiger partial charge in [-0.1, -0.05) is 25.5 Å². The normalized spacial score (nSPS) is 11.9. The summed E-state index contributed by atoms with van der Waals surface area (Å²) in [5.41, 5.74) is 5.68. The van der Waals surface area contributed by atoms with Gasteiger partial charge in [0.1, 0.15) is 5.82 Å². The van der Waals surface area contributed by atoms with Crippen molar-refractivity contribution in [3.63, 3.8) is 0 Å². The molecule has 0 fully saturated rings. The van der Waals surface area contributed by atoms with Gasteiger partial charge in [-0.25, -0.2) is 9.18 Å². The molecule has 1 unspecified atom stereocenters. The van der Waals surface area contributed by atoms with E-state index in [-0.39, 0.29) is 11.7 Å². The average molecular weight is 239 g/mol. The molecule has 0 saturated heterocycles. The number of rotatable bonds is 5. The lowest BCUT2D eigenvalue weighted by Crippen LogP contribution is -2.42. The maximum Gasteiger partial charge on any atom is 0.319 e. The van der Waals surface area contributed by atoms with E-state index < -0.39 is 11.8 Å². The number of amides is 2. The number of carbonyl (C=O) groups is 1. The highest BCUT2D eigenvalue weighted by Gasteiger charge is 2.10. The summed E-state index contributed by atoms with van der Waals surface area (Å²) in [7, 11) is 0. The Morgan fingerprint density at radius 1 is 1.47 bits per heavy atom. The first kappa shape index (κ1) is 13.4. The van der Waals surface area contributed by atoms with Crippen molar-refractivity contribution in [1.82, 2.24) is 5.32 Å². The fourth-order valence-electron chi connectivity index (χ4n) is 1.50. The summed E-state index contributed by atoms with van der Waals surface area (Å²) < 4.78 is 13.3. The Kier molecular flexibility index (Phi) is 5.42. The number of halogens is 1. The van der Waals surface area contributed by atoms with E-state index in [1.807, 2.05) is 6.92 Å². The van der Waals surface area contributed by atoms with Crippen LogP contribution >= 0.6 is 0 Å². The van der Waals surface area contributed by atoms with Crippen molar-refractivity contribution in [1.29, 1.82) is 0 Å². The molecular weight excluding hydrogens is 221 g/mol. The smallest absolute Gasteiger partial charge is 0.319 e. The van der Waals surface area contributed by atoms with E-state index in [9.17, 15) is 9.18 Å². The lowest BCUT2D eigenvalue weighted by molar-refractivity contribution is 0.248. The molecule has 1 atom stereocenters. The number of nitrogens with one attached hydrogen (secondary N) is 2. The highest BCUT2D eigenvalue weighted by molar-refractivity contribution is 5.89. The summed E-state index contributed by atoms with van der Waals surface area (Å²) in [6, 6.07) is 5.52. The summed E-state index contributed by atoms with van der Waals surface area (Å²) in [6.07, 6.45) is 1.74. The highest BCUT2D eigenvalue weighted by atomic mass is 19.1. The van der Waals surface area contributed by atoms with Crippen LogP contribution in [0.4, 0.5) is 14.9 Å². The van der Waals surface area contributed by atoms with Crippen LogP contribution in [0.2, 0.25) is 0 Å². The van der Waals surface area contributed by atoms with Crippen molar-refractivity contribution in [3.8, 4) is 0 Å². The van der Waals surface area contributed by atoms with Gasteiger partial charge in [-0.2, -0.15) is 0 Å². The quantitative estimate of drug-likeness (QED) is 0.736. The molecule has 0 aromatic heterocycles. The van der Waals surface area contributed by atoms with Gasteiger partial charge in [-0.15, -0.1) is 0 Å². The van der Waals surface area contributed by atoms with E-state index in [0.717, 1.165) is 12.8 Å². The molecule has 0 aliphatic rings. The van der Waals surface area contributed by atoms with Crippen molar-refractivity contribution >= 4 is 11.7 Å². The lowest BCUT2D eigenvalue weighted by Gasteiger charge is -2.16. The molecule has 1 rings (SSSR count). The zero-order valence-electron chi connectivity index (χ0n) is 9.87. The van der Waals surface area contributed by atoms with Gasteiger partial charge in [0, 0.05) is 12.6 Å². The summed E-state index contributed by atoms with van der Waals surface area (Å²) in [5, 5.41) is 5.15. The van der Waals surface area contributed by atoms with E-state index in [0.29, 0.717) is 6.54 Å². The monoisotopic (exact) mass is 239 g/mol. The van der Waals surface area contributed by atoms with Crippen LogP contribution in [-0.2, 0) is 0 Å². The first-order valence-electron chi connectivity index (χ1n) is 5.69. The molecule has 4 N–H and O–H groups in total. The third kappa shape index (κ3) is 4.40. The topological polar surface area (TPSA) is 67.1 Å². The molecule has 4 nitrogen and oxygen atoms in total. The highest BCUT2D eigenvalue weighted by Crippen LogP contribution is 2.11. The van der Waals surface area contributed by atoms with E-state index in [2.05, 4.69) is 10.6 Å². The van der Waals surface area contributed by atoms with Gasteiger partial charge in [-0.3, -0.25) is 0 Å². The van der Waals surface area contributed by atoms with Gasteiger partial charge in [0.05, 0.1) is 5.69 Å². The molecule has 0 aliphatic carbocycles. The van der Waals surface area contributed by atoms with Crippen LogP contribution in [0.25, 0.3) is 0 Å². The number of anilines is 1. The van der Waals surface area contributed by atoms with Crippen LogP contribution in [0.3, 0.4) is 0 Å². The van der Waals surface area contributed by atoms with Crippen molar-refractivity contribution in [2.45, 2.75) is 25.8 Å². The molecule has 0 radical (unpaired) electrons. The van der Waals surface area contributed by atoms with Gasteiger partial charge >= 0.3 is 6.03 Å². The molecule has 1 aromatic carbocycles. The number of benzene rings is 1. The standard InChI is InChI=1S/C12H18FN3O/c1-2-5-9(8-14)15-12(17)16-11-7-4-3-6-10(11)13/h3-4,6-7,9H,2,5,8,14H2,1H3,(H2,15,16,17). The van der Waals surface area contributed by atoms with Crippen LogP contribution in [0.1, 0.15) is 19.8 Å². The van der Waals surface area contributed by atoms with Crippen LogP contribution in [0.15, 0.2) is 24.3 Å². The third-order valence-electron chi connectivity index (χ3n) is 2.38. The minimum absolute atomic E-state index is 0.0771. The predicted molar refractivity (Wildman–Crippen MR) is 66.3 cm³/mol. The van der Waals surface area contributed by atoms with Crippen molar-refractivity contribution in [2.24, 2.45) is 5.73 Å². The molecule has 0 heterocycles. The minimum atomic E-state index is -0.456. The molecule has 94 valence electrons. The number of hydrogen-bond acceptors (Lipinski definition) is 2. The Hall–Kier alpha value is -1.62. The fourth-order valence-corrected chi connectivity index (χ4v) is 1.50. The maximum atomic E-state index is 13.3. The molecule has 17 heavy (non-hydrogen) atoms. The molecule has 1 aromatic rings. The van der Waals surface area contributed by atoms with Crippen molar-refractivity contribution in [2.75, 3.05) is 11.9 Å². The molecule has 2 amide bonds. The molecule has 5 heteroatoms. The minimum Gasteiger partial charge on any atom is -0.334 e. The molecule has 0 saturated carbocycles. The van der Waals surface area contributed by atoms with E-state index >= 15 is 0 Å². The second-order valence-electron chi connectivity index (χ2n) is 3.80. The number of urea groups is 1. The second-order valence-corrected chi connectivity index (χ2v) is 3.80. The Bertz CT molecular complexity index is 371. The Morgan fingerprint density at radius 2 is 2.18 bits per heavy atom. The Labute approximate surface area is 100 Å². The molecular formula is C12H18FN3O.